The predicted molar refractivity (Wildman–Crippen MR) is 127 cm³/mol. The number of hydrogen-bond acceptors (Lipinski definition) is 5. The number of amides is 1. The Balaban J connectivity index is 1.51. The van der Waals surface area contributed by atoms with E-state index in [0.717, 1.165) is 4.90 Å². The number of anilines is 1. The number of fused-ring (bicyclic) bond motifs is 1. The lowest BCUT2D eigenvalue weighted by molar-refractivity contribution is 0.102. The van der Waals surface area contributed by atoms with Crippen LogP contribution in [0.25, 0.3) is 5.78 Å². The summed E-state index contributed by atoms with van der Waals surface area (Å²) in [7, 11) is 0. The maximum Gasteiger partial charge on any atom is 0.274 e. The fourth-order valence-corrected chi connectivity index (χ4v) is 4.34. The Kier molecular flexibility index (Phi) is 6.62. The molecular formula is C23H22ClN5O2S. The maximum absolute atomic E-state index is 12.7. The Morgan fingerprint density at radius 3 is 2.75 bits per heavy atom. The molecule has 32 heavy (non-hydrogen) atoms. The van der Waals surface area contributed by atoms with Gasteiger partial charge >= 0.3 is 0 Å². The number of rotatable bonds is 7. The molecule has 4 aromatic rings. The van der Waals surface area contributed by atoms with Crippen LogP contribution in [0, 0.1) is 5.92 Å². The lowest BCUT2D eigenvalue weighted by Crippen LogP contribution is -2.22. The predicted octanol–water partition coefficient (Wildman–Crippen LogP) is 4.75. The Labute approximate surface area is 194 Å². The van der Waals surface area contributed by atoms with E-state index in [1.807, 2.05) is 24.3 Å². The van der Waals surface area contributed by atoms with Gasteiger partial charge in [0.2, 0.25) is 0 Å². The SMILES string of the molecule is CC(C)Cn1cnc2nc(CSc3ccccc3NC(=O)c3cccc(Cl)c3)cc(=O)n21. The molecule has 2 heterocycles. The number of aromatic nitrogens is 4. The van der Waals surface area contributed by atoms with Crippen molar-refractivity contribution in [2.75, 3.05) is 5.32 Å². The lowest BCUT2D eigenvalue weighted by atomic mass is 10.2. The molecule has 164 valence electrons. The van der Waals surface area contributed by atoms with Crippen LogP contribution in [0.1, 0.15) is 29.9 Å². The zero-order chi connectivity index (χ0) is 22.7. The molecule has 0 saturated carbocycles. The van der Waals surface area contributed by atoms with Crippen LogP contribution in [0.15, 0.2) is 70.6 Å². The number of para-hydroxylation sites is 1. The Bertz CT molecular complexity index is 1330. The first-order valence-electron chi connectivity index (χ1n) is 10.1. The van der Waals surface area contributed by atoms with Crippen LogP contribution in [-0.2, 0) is 12.3 Å². The third-order valence-corrected chi connectivity index (χ3v) is 5.99. The molecule has 0 unspecified atom stereocenters. The van der Waals surface area contributed by atoms with E-state index in [1.54, 1.807) is 35.3 Å². The van der Waals surface area contributed by atoms with Crippen molar-refractivity contribution in [1.29, 1.82) is 0 Å². The minimum atomic E-state index is -0.242. The van der Waals surface area contributed by atoms with Gasteiger partial charge < -0.3 is 5.32 Å². The van der Waals surface area contributed by atoms with E-state index in [0.29, 0.717) is 46.0 Å². The molecule has 1 N–H and O–H groups in total. The largest absolute Gasteiger partial charge is 0.321 e. The summed E-state index contributed by atoms with van der Waals surface area (Å²) in [6.45, 7) is 4.85. The molecule has 0 aliphatic carbocycles. The zero-order valence-corrected chi connectivity index (χ0v) is 19.2. The molecule has 2 aromatic carbocycles. The van der Waals surface area contributed by atoms with Crippen molar-refractivity contribution in [1.82, 2.24) is 19.2 Å². The summed E-state index contributed by atoms with van der Waals surface area (Å²) < 4.78 is 3.28. The number of carbonyl (C=O) groups is 1. The van der Waals surface area contributed by atoms with Crippen molar-refractivity contribution < 1.29 is 4.79 Å². The summed E-state index contributed by atoms with van der Waals surface area (Å²) in [6, 6.07) is 15.8. The number of nitrogens with zero attached hydrogens (tertiary/aromatic N) is 4. The molecular weight excluding hydrogens is 446 g/mol. The molecule has 0 spiro atoms. The van der Waals surface area contributed by atoms with Gasteiger partial charge in [-0.1, -0.05) is 43.6 Å². The summed E-state index contributed by atoms with van der Waals surface area (Å²) in [5, 5.41) is 3.44. The van der Waals surface area contributed by atoms with E-state index in [1.165, 1.54) is 22.3 Å². The highest BCUT2D eigenvalue weighted by molar-refractivity contribution is 7.98. The molecule has 0 aliphatic rings. The zero-order valence-electron chi connectivity index (χ0n) is 17.7. The van der Waals surface area contributed by atoms with Gasteiger partial charge in [0.25, 0.3) is 17.2 Å². The fourth-order valence-electron chi connectivity index (χ4n) is 3.25. The minimum Gasteiger partial charge on any atom is -0.321 e. The first kappa shape index (κ1) is 22.1. The van der Waals surface area contributed by atoms with E-state index < -0.39 is 0 Å². The molecule has 7 nitrogen and oxygen atoms in total. The smallest absolute Gasteiger partial charge is 0.274 e. The van der Waals surface area contributed by atoms with Crippen LogP contribution < -0.4 is 10.9 Å². The van der Waals surface area contributed by atoms with Crippen molar-refractivity contribution in [2.45, 2.75) is 31.0 Å². The van der Waals surface area contributed by atoms with Crippen LogP contribution in [0.2, 0.25) is 5.02 Å². The molecule has 0 fully saturated rings. The van der Waals surface area contributed by atoms with E-state index >= 15 is 0 Å². The van der Waals surface area contributed by atoms with Crippen molar-refractivity contribution in [3.05, 3.63) is 87.6 Å². The Morgan fingerprint density at radius 1 is 1.16 bits per heavy atom. The Morgan fingerprint density at radius 2 is 1.97 bits per heavy atom. The highest BCUT2D eigenvalue weighted by Gasteiger charge is 2.12. The molecule has 1 amide bonds. The van der Waals surface area contributed by atoms with E-state index in [4.69, 9.17) is 11.6 Å². The van der Waals surface area contributed by atoms with E-state index in [-0.39, 0.29) is 11.5 Å². The molecule has 0 aliphatic heterocycles. The standard InChI is InChI=1S/C23H22ClN5O2S/c1-15(2)12-28-14-25-23-26-18(11-21(30)29(23)28)13-32-20-9-4-3-8-19(20)27-22(31)16-6-5-7-17(24)10-16/h3-11,14-15H,12-13H2,1-2H3,(H,27,31). The van der Waals surface area contributed by atoms with Gasteiger partial charge in [0.05, 0.1) is 11.4 Å². The fraction of sp³-hybridized carbons (Fsp3) is 0.217. The topological polar surface area (TPSA) is 81.3 Å². The minimum absolute atomic E-state index is 0.161. The van der Waals surface area contributed by atoms with Crippen LogP contribution >= 0.6 is 23.4 Å². The average Bonchev–Trinajstić information content (AvgIpc) is 3.15. The van der Waals surface area contributed by atoms with Gasteiger partial charge in [-0.15, -0.1) is 11.8 Å². The van der Waals surface area contributed by atoms with Gasteiger partial charge in [-0.3, -0.25) is 14.3 Å². The Hall–Kier alpha value is -3.10. The number of benzene rings is 2. The number of hydrogen-bond donors (Lipinski definition) is 1. The molecule has 9 heteroatoms. The third-order valence-electron chi connectivity index (χ3n) is 4.65. The van der Waals surface area contributed by atoms with Crippen molar-refractivity contribution in [2.24, 2.45) is 5.92 Å². The summed E-state index contributed by atoms with van der Waals surface area (Å²) >= 11 is 7.49. The summed E-state index contributed by atoms with van der Waals surface area (Å²) in [5.74, 6) is 0.991. The summed E-state index contributed by atoms with van der Waals surface area (Å²) in [6.07, 6.45) is 1.64. The number of carbonyl (C=O) groups excluding carboxylic acids is 1. The second-order valence-corrected chi connectivity index (χ2v) is 9.16. The summed E-state index contributed by atoms with van der Waals surface area (Å²) in [5.41, 5.74) is 1.63. The van der Waals surface area contributed by atoms with Crippen LogP contribution in [0.4, 0.5) is 5.69 Å². The number of thioether (sulfide) groups is 1. The quantitative estimate of drug-likeness (QED) is 0.397. The third kappa shape index (κ3) is 5.03. The molecule has 0 atom stereocenters. The van der Waals surface area contributed by atoms with Crippen molar-refractivity contribution >= 4 is 40.7 Å². The normalized spacial score (nSPS) is 11.2. The first-order valence-corrected chi connectivity index (χ1v) is 11.5. The van der Waals surface area contributed by atoms with Gasteiger partial charge in [-0.05, 0) is 36.2 Å². The summed E-state index contributed by atoms with van der Waals surface area (Å²) in [4.78, 5) is 35.0. The van der Waals surface area contributed by atoms with Crippen LogP contribution in [0.3, 0.4) is 0 Å². The second kappa shape index (κ2) is 9.58. The highest BCUT2D eigenvalue weighted by atomic mass is 35.5. The average molecular weight is 468 g/mol. The molecule has 0 bridgehead atoms. The van der Waals surface area contributed by atoms with Gasteiger partial charge in [-0.2, -0.15) is 9.50 Å². The highest BCUT2D eigenvalue weighted by Crippen LogP contribution is 2.29. The lowest BCUT2D eigenvalue weighted by Gasteiger charge is -2.11. The van der Waals surface area contributed by atoms with Crippen LogP contribution in [-0.4, -0.2) is 25.1 Å². The van der Waals surface area contributed by atoms with Crippen LogP contribution in [0.5, 0.6) is 0 Å². The van der Waals surface area contributed by atoms with Crippen molar-refractivity contribution in [3.63, 3.8) is 0 Å². The van der Waals surface area contributed by atoms with Crippen molar-refractivity contribution in [3.8, 4) is 0 Å². The maximum atomic E-state index is 12.7. The number of nitrogens with one attached hydrogen (secondary N) is 1. The van der Waals surface area contributed by atoms with Gasteiger partial charge in [0.1, 0.15) is 6.33 Å². The molecule has 0 saturated heterocycles. The first-order chi connectivity index (χ1) is 15.4. The van der Waals surface area contributed by atoms with Gasteiger partial charge in [-0.25, -0.2) is 4.98 Å². The van der Waals surface area contributed by atoms with E-state index in [2.05, 4.69) is 29.1 Å². The van der Waals surface area contributed by atoms with E-state index in [9.17, 15) is 9.59 Å². The molecule has 0 radical (unpaired) electrons. The van der Waals surface area contributed by atoms with Gasteiger partial charge in [0.15, 0.2) is 0 Å². The molecule has 4 rings (SSSR count). The molecule has 2 aromatic heterocycles. The number of halogens is 1. The van der Waals surface area contributed by atoms with Gasteiger partial charge in [0, 0.05) is 33.8 Å². The monoisotopic (exact) mass is 467 g/mol. The second-order valence-electron chi connectivity index (χ2n) is 7.71.